The highest BCUT2D eigenvalue weighted by atomic mass is 35.5. The van der Waals surface area contributed by atoms with Crippen LogP contribution in [0.25, 0.3) is 0 Å². The van der Waals surface area contributed by atoms with E-state index in [9.17, 15) is 0 Å². The van der Waals surface area contributed by atoms with Gasteiger partial charge in [0.15, 0.2) is 0 Å². The Labute approximate surface area is 159 Å². The number of piperidine rings is 1. The Kier molecular flexibility index (Phi) is 5.99. The number of hydrogen-bond donors (Lipinski definition) is 1. The highest BCUT2D eigenvalue weighted by Gasteiger charge is 2.20. The van der Waals surface area contributed by atoms with Gasteiger partial charge in [-0.1, -0.05) is 23.2 Å². The highest BCUT2D eigenvalue weighted by Crippen LogP contribution is 2.22. The van der Waals surface area contributed by atoms with E-state index >= 15 is 0 Å². The van der Waals surface area contributed by atoms with Gasteiger partial charge in [0.2, 0.25) is 5.95 Å². The number of anilines is 2. The number of halogens is 2. The second-order valence-electron chi connectivity index (χ2n) is 6.63. The maximum atomic E-state index is 6.11. The van der Waals surface area contributed by atoms with Crippen LogP contribution in [-0.4, -0.2) is 48.1 Å². The van der Waals surface area contributed by atoms with Crippen molar-refractivity contribution in [2.24, 2.45) is 0 Å². The fourth-order valence-corrected chi connectivity index (χ4v) is 3.70. The van der Waals surface area contributed by atoms with E-state index in [0.717, 1.165) is 43.9 Å². The van der Waals surface area contributed by atoms with E-state index in [2.05, 4.69) is 20.2 Å². The molecule has 1 unspecified atom stereocenters. The Hall–Kier alpha value is -1.56. The van der Waals surface area contributed by atoms with Crippen molar-refractivity contribution in [1.82, 2.24) is 14.9 Å². The minimum atomic E-state index is 0.369. The standard InChI is InChI=1S/C18H23Cl2N5/c1-24(2)18-21-6-5-17(23-18)22-16-4-3-7-25(12-16)11-13-8-14(19)10-15(20)9-13/h5-6,8-10,16H,3-4,7,11-12H2,1-2H3,(H,21,22,23). The fourth-order valence-electron chi connectivity index (χ4n) is 3.13. The summed E-state index contributed by atoms with van der Waals surface area (Å²) in [7, 11) is 3.88. The molecule has 0 amide bonds. The highest BCUT2D eigenvalue weighted by molar-refractivity contribution is 6.34. The fraction of sp³-hybridized carbons (Fsp3) is 0.444. The van der Waals surface area contributed by atoms with Gasteiger partial charge < -0.3 is 10.2 Å². The summed E-state index contributed by atoms with van der Waals surface area (Å²) in [5, 5.41) is 4.92. The molecule has 1 fully saturated rings. The van der Waals surface area contributed by atoms with Crippen LogP contribution in [0.1, 0.15) is 18.4 Å². The predicted molar refractivity (Wildman–Crippen MR) is 105 cm³/mol. The molecular formula is C18H23Cl2N5. The van der Waals surface area contributed by atoms with Gasteiger partial charge in [0.1, 0.15) is 5.82 Å². The smallest absolute Gasteiger partial charge is 0.226 e. The average Bonchev–Trinajstić information content (AvgIpc) is 2.54. The molecule has 1 aromatic heterocycles. The minimum absolute atomic E-state index is 0.369. The zero-order valence-electron chi connectivity index (χ0n) is 14.5. The number of nitrogens with zero attached hydrogens (tertiary/aromatic N) is 4. The molecule has 1 N–H and O–H groups in total. The van der Waals surface area contributed by atoms with Gasteiger partial charge in [-0.05, 0) is 49.2 Å². The van der Waals surface area contributed by atoms with Crippen LogP contribution in [0.2, 0.25) is 10.0 Å². The SMILES string of the molecule is CN(C)c1nccc(NC2CCCN(Cc3cc(Cl)cc(Cl)c3)C2)n1. The Balaban J connectivity index is 1.62. The van der Waals surface area contributed by atoms with Gasteiger partial charge in [-0.15, -0.1) is 0 Å². The lowest BCUT2D eigenvalue weighted by atomic mass is 10.0. The third kappa shape index (κ3) is 5.21. The summed E-state index contributed by atoms with van der Waals surface area (Å²) in [4.78, 5) is 13.1. The van der Waals surface area contributed by atoms with Gasteiger partial charge in [0, 0.05) is 49.5 Å². The van der Waals surface area contributed by atoms with Crippen LogP contribution < -0.4 is 10.2 Å². The van der Waals surface area contributed by atoms with E-state index in [-0.39, 0.29) is 0 Å². The predicted octanol–water partition coefficient (Wildman–Crippen LogP) is 3.93. The largest absolute Gasteiger partial charge is 0.366 e. The molecule has 7 heteroatoms. The van der Waals surface area contributed by atoms with Crippen molar-refractivity contribution in [3.05, 3.63) is 46.1 Å². The Morgan fingerprint density at radius 3 is 2.72 bits per heavy atom. The second-order valence-corrected chi connectivity index (χ2v) is 7.51. The minimum Gasteiger partial charge on any atom is -0.366 e. The lowest BCUT2D eigenvalue weighted by molar-refractivity contribution is 0.208. The summed E-state index contributed by atoms with van der Waals surface area (Å²) < 4.78 is 0. The average molecular weight is 380 g/mol. The number of benzene rings is 1. The molecule has 0 saturated carbocycles. The quantitative estimate of drug-likeness (QED) is 0.852. The van der Waals surface area contributed by atoms with E-state index in [4.69, 9.17) is 23.2 Å². The molecule has 1 atom stereocenters. The van der Waals surface area contributed by atoms with Crippen LogP contribution >= 0.6 is 23.2 Å². The third-order valence-corrected chi connectivity index (χ3v) is 4.67. The molecule has 0 bridgehead atoms. The van der Waals surface area contributed by atoms with Gasteiger partial charge >= 0.3 is 0 Å². The van der Waals surface area contributed by atoms with Crippen LogP contribution in [-0.2, 0) is 6.54 Å². The lowest BCUT2D eigenvalue weighted by Gasteiger charge is -2.33. The van der Waals surface area contributed by atoms with Crippen LogP contribution in [0, 0.1) is 0 Å². The van der Waals surface area contributed by atoms with E-state index in [1.54, 1.807) is 12.3 Å². The number of nitrogens with one attached hydrogen (secondary N) is 1. The normalized spacial score (nSPS) is 18.2. The molecule has 2 heterocycles. The first-order valence-electron chi connectivity index (χ1n) is 8.44. The zero-order chi connectivity index (χ0) is 17.8. The Morgan fingerprint density at radius 2 is 2.00 bits per heavy atom. The van der Waals surface area contributed by atoms with Crippen LogP contribution in [0.3, 0.4) is 0 Å². The monoisotopic (exact) mass is 379 g/mol. The van der Waals surface area contributed by atoms with Gasteiger partial charge in [-0.2, -0.15) is 4.98 Å². The van der Waals surface area contributed by atoms with Crippen molar-refractivity contribution in [3.63, 3.8) is 0 Å². The second kappa shape index (κ2) is 8.21. The summed E-state index contributed by atoms with van der Waals surface area (Å²) in [6, 6.07) is 8.03. The van der Waals surface area contributed by atoms with Crippen molar-refractivity contribution in [3.8, 4) is 0 Å². The molecule has 25 heavy (non-hydrogen) atoms. The van der Waals surface area contributed by atoms with Crippen molar-refractivity contribution in [1.29, 1.82) is 0 Å². The first kappa shape index (κ1) is 18.2. The van der Waals surface area contributed by atoms with Crippen molar-refractivity contribution >= 4 is 35.0 Å². The molecule has 1 saturated heterocycles. The van der Waals surface area contributed by atoms with E-state index in [1.807, 2.05) is 37.2 Å². The molecule has 3 rings (SSSR count). The third-order valence-electron chi connectivity index (χ3n) is 4.23. The maximum Gasteiger partial charge on any atom is 0.226 e. The van der Waals surface area contributed by atoms with Gasteiger partial charge in [-0.25, -0.2) is 4.98 Å². The van der Waals surface area contributed by atoms with Crippen molar-refractivity contribution in [2.75, 3.05) is 37.4 Å². The van der Waals surface area contributed by atoms with Crippen LogP contribution in [0.4, 0.5) is 11.8 Å². The molecule has 1 aliphatic heterocycles. The molecule has 2 aromatic rings. The van der Waals surface area contributed by atoms with Crippen molar-refractivity contribution in [2.45, 2.75) is 25.4 Å². The molecule has 5 nitrogen and oxygen atoms in total. The molecule has 0 aliphatic carbocycles. The molecular weight excluding hydrogens is 357 g/mol. The summed E-state index contributed by atoms with van der Waals surface area (Å²) >= 11 is 12.2. The van der Waals surface area contributed by atoms with Gasteiger partial charge in [0.25, 0.3) is 0 Å². The number of aromatic nitrogens is 2. The molecule has 134 valence electrons. The molecule has 1 aliphatic rings. The Bertz CT molecular complexity index is 702. The van der Waals surface area contributed by atoms with E-state index < -0.39 is 0 Å². The molecule has 0 radical (unpaired) electrons. The number of hydrogen-bond acceptors (Lipinski definition) is 5. The van der Waals surface area contributed by atoms with E-state index in [0.29, 0.717) is 22.0 Å². The first-order chi connectivity index (χ1) is 12.0. The van der Waals surface area contributed by atoms with Crippen molar-refractivity contribution < 1.29 is 0 Å². The maximum absolute atomic E-state index is 6.11. The van der Waals surface area contributed by atoms with Gasteiger partial charge in [0.05, 0.1) is 0 Å². The van der Waals surface area contributed by atoms with Gasteiger partial charge in [-0.3, -0.25) is 4.90 Å². The van der Waals surface area contributed by atoms with Crippen LogP contribution in [0.5, 0.6) is 0 Å². The molecule has 1 aromatic carbocycles. The summed E-state index contributed by atoms with van der Waals surface area (Å²) in [5.74, 6) is 1.59. The molecule has 0 spiro atoms. The summed E-state index contributed by atoms with van der Waals surface area (Å²) in [6.45, 7) is 2.89. The first-order valence-corrected chi connectivity index (χ1v) is 9.19. The number of rotatable bonds is 5. The topological polar surface area (TPSA) is 44.3 Å². The zero-order valence-corrected chi connectivity index (χ0v) is 16.1. The van der Waals surface area contributed by atoms with E-state index in [1.165, 1.54) is 0 Å². The summed E-state index contributed by atoms with van der Waals surface area (Å²) in [6.07, 6.45) is 4.07. The lowest BCUT2D eigenvalue weighted by Crippen LogP contribution is -2.41. The van der Waals surface area contributed by atoms with Crippen LogP contribution in [0.15, 0.2) is 30.5 Å². The Morgan fingerprint density at radius 1 is 1.24 bits per heavy atom. The summed E-state index contributed by atoms with van der Waals surface area (Å²) in [5.41, 5.74) is 1.15. The number of likely N-dealkylation sites (tertiary alicyclic amines) is 1.